The maximum absolute atomic E-state index is 6.11. The molecule has 0 spiro atoms. The second kappa shape index (κ2) is 6.13. The molecule has 19 heavy (non-hydrogen) atoms. The normalized spacial score (nSPS) is 25.5. The largest absolute Gasteiger partial charge is 0.308 e. The van der Waals surface area contributed by atoms with E-state index >= 15 is 0 Å². The number of hydrogen-bond acceptors (Lipinski definition) is 3. The molecule has 4 heteroatoms. The molecule has 106 valence electrons. The lowest BCUT2D eigenvalue weighted by Gasteiger charge is -2.33. The molecular formula is C15H23ClN2S. The Morgan fingerprint density at radius 2 is 2.21 bits per heavy atom. The van der Waals surface area contributed by atoms with Gasteiger partial charge in [-0.2, -0.15) is 0 Å². The van der Waals surface area contributed by atoms with E-state index in [0.29, 0.717) is 12.1 Å². The van der Waals surface area contributed by atoms with Crippen molar-refractivity contribution in [2.24, 2.45) is 0 Å². The fraction of sp³-hybridized carbons (Fsp3) is 0.733. The van der Waals surface area contributed by atoms with E-state index in [4.69, 9.17) is 11.6 Å². The summed E-state index contributed by atoms with van der Waals surface area (Å²) < 4.78 is 0.945. The summed E-state index contributed by atoms with van der Waals surface area (Å²) in [6, 6.07) is 3.35. The summed E-state index contributed by atoms with van der Waals surface area (Å²) in [5.41, 5.74) is 1.46. The Hall–Kier alpha value is -0.0900. The minimum absolute atomic E-state index is 0.533. The molecule has 1 N–H and O–H groups in total. The summed E-state index contributed by atoms with van der Waals surface area (Å²) >= 11 is 7.87. The molecule has 0 amide bonds. The third-order valence-electron chi connectivity index (χ3n) is 4.52. The molecule has 0 aromatic carbocycles. The highest BCUT2D eigenvalue weighted by Gasteiger charge is 2.25. The summed E-state index contributed by atoms with van der Waals surface area (Å²) in [4.78, 5) is 4.13. The standard InChI is InChI=1S/C15H23ClN2S/c1-11(18-7-3-2-4-8-18)10-17-13-5-6-14-12(13)9-15(16)19-14/h9,11,13,17H,2-8,10H2,1H3. The molecule has 1 aromatic heterocycles. The SMILES string of the molecule is CC(CNC1CCc2sc(Cl)cc21)N1CCCCC1. The van der Waals surface area contributed by atoms with Crippen LogP contribution >= 0.6 is 22.9 Å². The van der Waals surface area contributed by atoms with Crippen LogP contribution in [0, 0.1) is 0 Å². The van der Waals surface area contributed by atoms with Crippen LogP contribution in [0.25, 0.3) is 0 Å². The first-order valence-electron chi connectivity index (χ1n) is 7.49. The molecule has 1 saturated heterocycles. The lowest BCUT2D eigenvalue weighted by Crippen LogP contribution is -2.43. The van der Waals surface area contributed by atoms with Crippen molar-refractivity contribution in [1.29, 1.82) is 0 Å². The lowest BCUT2D eigenvalue weighted by molar-refractivity contribution is 0.168. The third-order valence-corrected chi connectivity index (χ3v) is 5.86. The number of thiophene rings is 1. The van der Waals surface area contributed by atoms with Gasteiger partial charge in [0.05, 0.1) is 4.34 Å². The average Bonchev–Trinajstić information content (AvgIpc) is 2.96. The first-order valence-corrected chi connectivity index (χ1v) is 8.69. The van der Waals surface area contributed by atoms with Gasteiger partial charge in [0.2, 0.25) is 0 Å². The lowest BCUT2D eigenvalue weighted by atomic mass is 10.1. The topological polar surface area (TPSA) is 15.3 Å². The third kappa shape index (κ3) is 3.15. The molecule has 3 rings (SSSR count). The van der Waals surface area contributed by atoms with Crippen LogP contribution in [0.4, 0.5) is 0 Å². The van der Waals surface area contributed by atoms with Gasteiger partial charge in [-0.1, -0.05) is 18.0 Å². The van der Waals surface area contributed by atoms with Gasteiger partial charge >= 0.3 is 0 Å². The minimum Gasteiger partial charge on any atom is -0.308 e. The predicted octanol–water partition coefficient (Wildman–Crippen LogP) is 3.85. The number of aryl methyl sites for hydroxylation is 1. The Labute approximate surface area is 125 Å². The maximum atomic E-state index is 6.11. The second-order valence-electron chi connectivity index (χ2n) is 5.87. The highest BCUT2D eigenvalue weighted by atomic mass is 35.5. The van der Waals surface area contributed by atoms with Crippen molar-refractivity contribution in [2.75, 3.05) is 19.6 Å². The van der Waals surface area contributed by atoms with Gasteiger partial charge in [0.15, 0.2) is 0 Å². The van der Waals surface area contributed by atoms with Crippen molar-refractivity contribution >= 4 is 22.9 Å². The second-order valence-corrected chi connectivity index (χ2v) is 7.64. The number of nitrogens with one attached hydrogen (secondary N) is 1. The van der Waals surface area contributed by atoms with Gasteiger partial charge in [0, 0.05) is 23.5 Å². The first-order chi connectivity index (χ1) is 9.24. The van der Waals surface area contributed by atoms with Crippen LogP contribution in [0.5, 0.6) is 0 Å². The van der Waals surface area contributed by atoms with E-state index in [1.807, 2.05) is 0 Å². The fourth-order valence-electron chi connectivity index (χ4n) is 3.34. The van der Waals surface area contributed by atoms with Crippen LogP contribution in [-0.4, -0.2) is 30.6 Å². The predicted molar refractivity (Wildman–Crippen MR) is 83.3 cm³/mol. The Bertz CT molecular complexity index is 426. The summed E-state index contributed by atoms with van der Waals surface area (Å²) in [6.07, 6.45) is 6.60. The van der Waals surface area contributed by atoms with Crippen molar-refractivity contribution in [1.82, 2.24) is 10.2 Å². The Morgan fingerprint density at radius 3 is 3.00 bits per heavy atom. The van der Waals surface area contributed by atoms with Gasteiger partial charge in [-0.05, 0) is 57.3 Å². The number of piperidine rings is 1. The Balaban J connectivity index is 1.52. The number of nitrogens with zero attached hydrogens (tertiary/aromatic N) is 1. The zero-order valence-electron chi connectivity index (χ0n) is 11.6. The number of likely N-dealkylation sites (tertiary alicyclic amines) is 1. The van der Waals surface area contributed by atoms with Crippen molar-refractivity contribution in [2.45, 2.75) is 51.1 Å². The molecule has 1 aliphatic heterocycles. The fourth-order valence-corrected chi connectivity index (χ4v) is 4.70. The van der Waals surface area contributed by atoms with Gasteiger partial charge in [0.1, 0.15) is 0 Å². The van der Waals surface area contributed by atoms with E-state index in [9.17, 15) is 0 Å². The molecule has 2 aliphatic rings. The minimum atomic E-state index is 0.533. The molecule has 2 atom stereocenters. The Morgan fingerprint density at radius 1 is 1.42 bits per heavy atom. The molecule has 1 aromatic rings. The molecule has 1 aliphatic carbocycles. The number of hydrogen-bond donors (Lipinski definition) is 1. The molecule has 0 bridgehead atoms. The molecule has 0 saturated carbocycles. The first kappa shape index (κ1) is 13.9. The molecule has 0 radical (unpaired) electrons. The number of fused-ring (bicyclic) bond motifs is 1. The number of rotatable bonds is 4. The van der Waals surface area contributed by atoms with Gasteiger partial charge in [-0.3, -0.25) is 4.90 Å². The summed E-state index contributed by atoms with van der Waals surface area (Å²) in [5, 5.41) is 3.75. The average molecular weight is 299 g/mol. The smallest absolute Gasteiger partial charge is 0.0934 e. The van der Waals surface area contributed by atoms with Crippen molar-refractivity contribution in [3.8, 4) is 0 Å². The van der Waals surface area contributed by atoms with E-state index in [1.165, 1.54) is 55.6 Å². The van der Waals surface area contributed by atoms with Crippen molar-refractivity contribution < 1.29 is 0 Å². The van der Waals surface area contributed by atoms with Crippen LogP contribution in [0.15, 0.2) is 6.07 Å². The Kier molecular flexibility index (Phi) is 4.47. The summed E-state index contributed by atoms with van der Waals surface area (Å²) in [6.45, 7) is 6.01. The molecule has 2 nitrogen and oxygen atoms in total. The van der Waals surface area contributed by atoms with Gasteiger partial charge in [-0.15, -0.1) is 11.3 Å². The maximum Gasteiger partial charge on any atom is 0.0934 e. The zero-order valence-corrected chi connectivity index (χ0v) is 13.2. The van der Waals surface area contributed by atoms with Crippen molar-refractivity contribution in [3.05, 3.63) is 20.8 Å². The van der Waals surface area contributed by atoms with Crippen LogP contribution < -0.4 is 5.32 Å². The molecular weight excluding hydrogens is 276 g/mol. The van der Waals surface area contributed by atoms with E-state index in [2.05, 4.69) is 23.2 Å². The highest BCUT2D eigenvalue weighted by Crippen LogP contribution is 2.39. The zero-order chi connectivity index (χ0) is 13.2. The van der Waals surface area contributed by atoms with Crippen LogP contribution in [-0.2, 0) is 6.42 Å². The van der Waals surface area contributed by atoms with E-state index < -0.39 is 0 Å². The van der Waals surface area contributed by atoms with E-state index in [1.54, 1.807) is 11.3 Å². The quantitative estimate of drug-likeness (QED) is 0.908. The molecule has 2 heterocycles. The van der Waals surface area contributed by atoms with Gasteiger partial charge < -0.3 is 5.32 Å². The van der Waals surface area contributed by atoms with Gasteiger partial charge in [-0.25, -0.2) is 0 Å². The molecule has 2 unspecified atom stereocenters. The highest BCUT2D eigenvalue weighted by molar-refractivity contribution is 7.16. The number of halogens is 1. The van der Waals surface area contributed by atoms with E-state index in [0.717, 1.165) is 10.9 Å². The summed E-state index contributed by atoms with van der Waals surface area (Å²) in [7, 11) is 0. The monoisotopic (exact) mass is 298 g/mol. The summed E-state index contributed by atoms with van der Waals surface area (Å²) in [5.74, 6) is 0. The molecule has 1 fully saturated rings. The van der Waals surface area contributed by atoms with Crippen LogP contribution in [0.1, 0.15) is 49.1 Å². The van der Waals surface area contributed by atoms with Crippen molar-refractivity contribution in [3.63, 3.8) is 0 Å². The van der Waals surface area contributed by atoms with E-state index in [-0.39, 0.29) is 0 Å². The van der Waals surface area contributed by atoms with Gasteiger partial charge in [0.25, 0.3) is 0 Å². The van der Waals surface area contributed by atoms with Crippen LogP contribution in [0.2, 0.25) is 4.34 Å². The van der Waals surface area contributed by atoms with Crippen LogP contribution in [0.3, 0.4) is 0 Å².